The van der Waals surface area contributed by atoms with Crippen molar-refractivity contribution in [1.29, 1.82) is 0 Å². The van der Waals surface area contributed by atoms with Gasteiger partial charge in [0.1, 0.15) is 12.0 Å². The Morgan fingerprint density at radius 2 is 1.41 bits per heavy atom. The molecule has 4 aliphatic rings. The summed E-state index contributed by atoms with van der Waals surface area (Å²) < 4.78 is 6.97. The number of hydrogen-bond donors (Lipinski definition) is 0. The Kier molecular flexibility index (Phi) is 5.39. The van der Waals surface area contributed by atoms with E-state index in [2.05, 4.69) is 64.2 Å². The van der Waals surface area contributed by atoms with Crippen LogP contribution in [-0.2, 0) is 0 Å². The molecule has 0 saturated heterocycles. The smallest absolute Gasteiger partial charge is 0.250 e. The number of benzene rings is 2. The molecule has 0 heterocycles. The van der Waals surface area contributed by atoms with Crippen LogP contribution in [0.2, 0.25) is 18.1 Å². The van der Waals surface area contributed by atoms with Crippen LogP contribution in [0.1, 0.15) is 74.7 Å². The number of rotatable bonds is 5. The third-order valence-electron chi connectivity index (χ3n) is 9.15. The van der Waals surface area contributed by atoms with Gasteiger partial charge in [-0.3, -0.25) is 4.79 Å². The van der Waals surface area contributed by atoms with Gasteiger partial charge in [-0.25, -0.2) is 0 Å². The Labute approximate surface area is 194 Å². The van der Waals surface area contributed by atoms with Crippen LogP contribution in [0.3, 0.4) is 0 Å². The Balaban J connectivity index is 1.57. The molecule has 0 amide bonds. The first kappa shape index (κ1) is 21.9. The van der Waals surface area contributed by atoms with Crippen LogP contribution in [0, 0.1) is 23.7 Å². The predicted octanol–water partition coefficient (Wildman–Crippen LogP) is 8.09. The lowest BCUT2D eigenvalue weighted by Gasteiger charge is -2.55. The molecular weight excluding hydrogens is 408 g/mol. The van der Waals surface area contributed by atoms with E-state index in [0.717, 1.165) is 41.3 Å². The molecule has 0 N–H and O–H groups in total. The van der Waals surface area contributed by atoms with Crippen molar-refractivity contribution >= 4 is 14.6 Å². The SMILES string of the molecule is CC(C)(C)[Si](C)(C)Oc1ccc(-c2ccc(C=O)cc2)cc1C1C2CC3CC(C2)CC1C3. The average molecular weight is 447 g/mol. The van der Waals surface area contributed by atoms with Crippen molar-refractivity contribution in [3.63, 3.8) is 0 Å². The third kappa shape index (κ3) is 3.87. The van der Waals surface area contributed by atoms with Gasteiger partial charge in [0.2, 0.25) is 8.32 Å². The molecule has 0 unspecified atom stereocenters. The molecule has 4 fully saturated rings. The lowest BCUT2D eigenvalue weighted by Crippen LogP contribution is -2.46. The van der Waals surface area contributed by atoms with Gasteiger partial charge in [-0.2, -0.15) is 0 Å². The average Bonchev–Trinajstić information content (AvgIpc) is 2.73. The summed E-state index contributed by atoms with van der Waals surface area (Å²) in [6, 6.07) is 14.9. The van der Waals surface area contributed by atoms with Crippen LogP contribution in [0.15, 0.2) is 42.5 Å². The molecule has 2 nitrogen and oxygen atoms in total. The fraction of sp³-hybridized carbons (Fsp3) is 0.552. The molecule has 0 atom stereocenters. The molecule has 4 aliphatic carbocycles. The second kappa shape index (κ2) is 7.87. The van der Waals surface area contributed by atoms with Crippen LogP contribution >= 0.6 is 0 Å². The first-order valence-corrected chi connectivity index (χ1v) is 15.4. The zero-order chi connectivity index (χ0) is 22.7. The number of aldehydes is 1. The van der Waals surface area contributed by atoms with Crippen molar-refractivity contribution < 1.29 is 9.22 Å². The zero-order valence-electron chi connectivity index (χ0n) is 20.4. The van der Waals surface area contributed by atoms with Gasteiger partial charge < -0.3 is 4.43 Å². The maximum absolute atomic E-state index is 11.1. The van der Waals surface area contributed by atoms with E-state index in [4.69, 9.17) is 4.43 Å². The molecule has 0 radical (unpaired) electrons. The van der Waals surface area contributed by atoms with Gasteiger partial charge >= 0.3 is 0 Å². The molecule has 170 valence electrons. The number of hydrogen-bond acceptors (Lipinski definition) is 2. The lowest BCUT2D eigenvalue weighted by atomic mass is 9.50. The molecule has 32 heavy (non-hydrogen) atoms. The third-order valence-corrected chi connectivity index (χ3v) is 13.5. The van der Waals surface area contributed by atoms with Crippen molar-refractivity contribution in [2.45, 2.75) is 76.9 Å². The quantitative estimate of drug-likeness (QED) is 0.343. The van der Waals surface area contributed by atoms with Crippen molar-refractivity contribution in [3.05, 3.63) is 53.6 Å². The van der Waals surface area contributed by atoms with Crippen LogP contribution in [0.5, 0.6) is 5.75 Å². The van der Waals surface area contributed by atoms with Crippen molar-refractivity contribution in [3.8, 4) is 16.9 Å². The fourth-order valence-corrected chi connectivity index (χ4v) is 7.74. The Morgan fingerprint density at radius 3 is 1.94 bits per heavy atom. The highest BCUT2D eigenvalue weighted by atomic mass is 28.4. The molecule has 6 rings (SSSR count). The standard InChI is InChI=1S/C29H38O2Si/c1-29(2,3)32(4,5)31-27-11-10-23(22-8-6-19(18-30)7-9-22)17-26(27)28-24-13-20-12-21(15-24)16-25(28)14-20/h6-11,17-18,20-21,24-25,28H,12-16H2,1-5H3. The van der Waals surface area contributed by atoms with Gasteiger partial charge in [-0.1, -0.05) is 51.1 Å². The molecule has 0 aliphatic heterocycles. The first-order chi connectivity index (χ1) is 15.1. The largest absolute Gasteiger partial charge is 0.543 e. The van der Waals surface area contributed by atoms with Crippen LogP contribution < -0.4 is 4.43 Å². The molecule has 0 aromatic heterocycles. The summed E-state index contributed by atoms with van der Waals surface area (Å²) in [5.41, 5.74) is 4.61. The van der Waals surface area contributed by atoms with E-state index in [1.54, 1.807) is 0 Å². The topological polar surface area (TPSA) is 26.3 Å². The minimum atomic E-state index is -1.93. The summed E-state index contributed by atoms with van der Waals surface area (Å²) in [4.78, 5) is 11.1. The highest BCUT2D eigenvalue weighted by molar-refractivity contribution is 6.74. The predicted molar refractivity (Wildman–Crippen MR) is 135 cm³/mol. The number of carbonyl (C=O) groups is 1. The maximum atomic E-state index is 11.1. The van der Waals surface area contributed by atoms with Gasteiger partial charge in [-0.05, 0) is 109 Å². The Hall–Kier alpha value is -1.87. The number of carbonyl (C=O) groups excluding carboxylic acids is 1. The second-order valence-corrected chi connectivity index (χ2v) is 17.0. The molecule has 4 bridgehead atoms. The first-order valence-electron chi connectivity index (χ1n) is 12.5. The highest BCUT2D eigenvalue weighted by Crippen LogP contribution is 2.61. The summed E-state index contributed by atoms with van der Waals surface area (Å²) in [5.74, 6) is 5.36. The minimum Gasteiger partial charge on any atom is -0.543 e. The van der Waals surface area contributed by atoms with Gasteiger partial charge in [0.25, 0.3) is 0 Å². The van der Waals surface area contributed by atoms with Crippen molar-refractivity contribution in [1.82, 2.24) is 0 Å². The van der Waals surface area contributed by atoms with E-state index in [0.29, 0.717) is 5.92 Å². The van der Waals surface area contributed by atoms with Crippen molar-refractivity contribution in [2.24, 2.45) is 23.7 Å². The van der Waals surface area contributed by atoms with Gasteiger partial charge in [0, 0.05) is 5.56 Å². The van der Waals surface area contributed by atoms with E-state index in [1.807, 2.05) is 12.1 Å². The van der Waals surface area contributed by atoms with Gasteiger partial charge in [0.15, 0.2) is 0 Å². The lowest BCUT2D eigenvalue weighted by molar-refractivity contribution is -0.00326. The normalized spacial score (nSPS) is 29.2. The minimum absolute atomic E-state index is 0.178. The van der Waals surface area contributed by atoms with Crippen LogP contribution in [-0.4, -0.2) is 14.6 Å². The highest BCUT2D eigenvalue weighted by Gasteiger charge is 2.49. The summed E-state index contributed by atoms with van der Waals surface area (Å²) >= 11 is 0. The Morgan fingerprint density at radius 1 is 0.844 bits per heavy atom. The van der Waals surface area contributed by atoms with Gasteiger partial charge in [-0.15, -0.1) is 0 Å². The van der Waals surface area contributed by atoms with E-state index < -0.39 is 8.32 Å². The molecule has 4 saturated carbocycles. The molecule has 2 aromatic rings. The second-order valence-electron chi connectivity index (χ2n) is 12.3. The summed E-state index contributed by atoms with van der Waals surface area (Å²) in [5, 5.41) is 0.178. The molecular formula is C29H38O2Si. The summed E-state index contributed by atoms with van der Waals surface area (Å²) in [6.45, 7) is 11.7. The van der Waals surface area contributed by atoms with Crippen LogP contribution in [0.4, 0.5) is 0 Å². The molecule has 0 spiro atoms. The molecule has 3 heteroatoms. The van der Waals surface area contributed by atoms with E-state index >= 15 is 0 Å². The summed E-state index contributed by atoms with van der Waals surface area (Å²) in [6.07, 6.45) is 8.05. The Bertz CT molecular complexity index is 971. The monoisotopic (exact) mass is 446 g/mol. The maximum Gasteiger partial charge on any atom is 0.250 e. The van der Waals surface area contributed by atoms with Gasteiger partial charge in [0.05, 0.1) is 0 Å². The fourth-order valence-electron chi connectivity index (χ4n) is 6.70. The molecule has 2 aromatic carbocycles. The van der Waals surface area contributed by atoms with E-state index in [-0.39, 0.29) is 5.04 Å². The summed E-state index contributed by atoms with van der Waals surface area (Å²) in [7, 11) is -1.93. The zero-order valence-corrected chi connectivity index (χ0v) is 21.4. The van der Waals surface area contributed by atoms with E-state index in [1.165, 1.54) is 48.8 Å². The van der Waals surface area contributed by atoms with Crippen LogP contribution in [0.25, 0.3) is 11.1 Å². The van der Waals surface area contributed by atoms with E-state index in [9.17, 15) is 4.79 Å². The van der Waals surface area contributed by atoms with Crippen molar-refractivity contribution in [2.75, 3.05) is 0 Å².